The van der Waals surface area contributed by atoms with Crippen molar-refractivity contribution in [2.45, 2.75) is 52.1 Å². The molecule has 3 nitrogen and oxygen atoms in total. The first-order valence-corrected chi connectivity index (χ1v) is 6.54. The summed E-state index contributed by atoms with van der Waals surface area (Å²) in [7, 11) is 0. The lowest BCUT2D eigenvalue weighted by Crippen LogP contribution is -2.20. The Labute approximate surface area is 98.3 Å². The molecule has 1 fully saturated rings. The molecule has 0 saturated heterocycles. The van der Waals surface area contributed by atoms with E-state index in [4.69, 9.17) is 0 Å². The van der Waals surface area contributed by atoms with Gasteiger partial charge in [-0.05, 0) is 32.2 Å². The molecule has 0 spiro atoms. The van der Waals surface area contributed by atoms with Gasteiger partial charge >= 0.3 is 0 Å². The summed E-state index contributed by atoms with van der Waals surface area (Å²) in [6, 6.07) is 0.610. The average Bonchev–Trinajstić information content (AvgIpc) is 2.96. The van der Waals surface area contributed by atoms with Gasteiger partial charge in [-0.15, -0.1) is 0 Å². The van der Waals surface area contributed by atoms with Crippen LogP contribution in [0.25, 0.3) is 0 Å². The topological polar surface area (TPSA) is 29.9 Å². The van der Waals surface area contributed by atoms with Gasteiger partial charge in [0.15, 0.2) is 0 Å². The lowest BCUT2D eigenvalue weighted by Gasteiger charge is -2.22. The minimum absolute atomic E-state index is 0.610. The van der Waals surface area contributed by atoms with Gasteiger partial charge in [0.25, 0.3) is 0 Å². The molecule has 16 heavy (non-hydrogen) atoms. The Morgan fingerprint density at radius 1 is 1.50 bits per heavy atom. The molecular weight excluding hydrogens is 198 g/mol. The van der Waals surface area contributed by atoms with Crippen LogP contribution in [-0.2, 0) is 6.54 Å². The number of hydrogen-bond acceptors (Lipinski definition) is 2. The van der Waals surface area contributed by atoms with Crippen molar-refractivity contribution < 1.29 is 0 Å². The van der Waals surface area contributed by atoms with Gasteiger partial charge in [-0.2, -0.15) is 0 Å². The summed E-state index contributed by atoms with van der Waals surface area (Å²) in [5, 5.41) is 3.38. The number of nitrogens with one attached hydrogen (secondary N) is 1. The zero-order valence-corrected chi connectivity index (χ0v) is 10.4. The number of aromatic nitrogens is 2. The van der Waals surface area contributed by atoms with Gasteiger partial charge < -0.3 is 9.88 Å². The normalized spacial score (nSPS) is 19.1. The van der Waals surface area contributed by atoms with E-state index in [0.717, 1.165) is 19.0 Å². The predicted molar refractivity (Wildman–Crippen MR) is 66.3 cm³/mol. The van der Waals surface area contributed by atoms with Crippen molar-refractivity contribution in [2.24, 2.45) is 5.92 Å². The maximum absolute atomic E-state index is 4.29. The molecule has 1 aromatic heterocycles. The standard InChI is InChI=1S/C13H23N3/c1-3-14-8-13-9-15-10-16(13)11(2)12-6-4-5-7-12/h9-12,14H,3-8H2,1-2H3. The lowest BCUT2D eigenvalue weighted by molar-refractivity contribution is 0.351. The molecule has 1 unspecified atom stereocenters. The summed E-state index contributed by atoms with van der Waals surface area (Å²) < 4.78 is 2.36. The first-order chi connectivity index (χ1) is 7.83. The minimum Gasteiger partial charge on any atom is -0.330 e. The van der Waals surface area contributed by atoms with E-state index in [-0.39, 0.29) is 0 Å². The summed E-state index contributed by atoms with van der Waals surface area (Å²) in [5.41, 5.74) is 1.32. The third-order valence-electron chi connectivity index (χ3n) is 3.82. The smallest absolute Gasteiger partial charge is 0.0951 e. The van der Waals surface area contributed by atoms with Crippen molar-refractivity contribution in [3.63, 3.8) is 0 Å². The van der Waals surface area contributed by atoms with Crippen LogP contribution >= 0.6 is 0 Å². The van der Waals surface area contributed by atoms with Crippen molar-refractivity contribution in [1.82, 2.24) is 14.9 Å². The van der Waals surface area contributed by atoms with Gasteiger partial charge in [-0.3, -0.25) is 0 Å². The van der Waals surface area contributed by atoms with E-state index in [0.29, 0.717) is 6.04 Å². The minimum atomic E-state index is 0.610. The molecule has 1 N–H and O–H groups in total. The Morgan fingerprint density at radius 2 is 2.25 bits per heavy atom. The second kappa shape index (κ2) is 5.48. The third-order valence-corrected chi connectivity index (χ3v) is 3.82. The van der Waals surface area contributed by atoms with Crippen molar-refractivity contribution in [3.05, 3.63) is 18.2 Å². The van der Waals surface area contributed by atoms with Crippen molar-refractivity contribution in [2.75, 3.05) is 6.54 Å². The SMILES string of the molecule is CCNCc1cncn1C(C)C1CCCC1. The first-order valence-electron chi connectivity index (χ1n) is 6.54. The van der Waals surface area contributed by atoms with E-state index in [1.54, 1.807) is 0 Å². The maximum Gasteiger partial charge on any atom is 0.0951 e. The molecule has 1 aromatic rings. The highest BCUT2D eigenvalue weighted by atomic mass is 15.1. The van der Waals surface area contributed by atoms with Gasteiger partial charge in [0.1, 0.15) is 0 Å². The molecule has 1 heterocycles. The number of imidazole rings is 1. The zero-order valence-electron chi connectivity index (χ0n) is 10.4. The maximum atomic E-state index is 4.29. The second-order valence-electron chi connectivity index (χ2n) is 4.86. The molecule has 0 aromatic carbocycles. The highest BCUT2D eigenvalue weighted by Crippen LogP contribution is 2.34. The summed E-state index contributed by atoms with van der Waals surface area (Å²) in [4.78, 5) is 4.29. The first kappa shape index (κ1) is 11.6. The van der Waals surface area contributed by atoms with Crippen LogP contribution in [0.5, 0.6) is 0 Å². The molecule has 1 atom stereocenters. The van der Waals surface area contributed by atoms with Crippen molar-refractivity contribution >= 4 is 0 Å². The Bertz CT molecular complexity index is 313. The fourth-order valence-electron chi connectivity index (χ4n) is 2.76. The van der Waals surface area contributed by atoms with E-state index >= 15 is 0 Å². The van der Waals surface area contributed by atoms with Crippen LogP contribution in [0.3, 0.4) is 0 Å². The Hall–Kier alpha value is -0.830. The van der Waals surface area contributed by atoms with Crippen LogP contribution in [-0.4, -0.2) is 16.1 Å². The molecule has 1 aliphatic rings. The van der Waals surface area contributed by atoms with Gasteiger partial charge in [-0.25, -0.2) is 4.98 Å². The lowest BCUT2D eigenvalue weighted by atomic mass is 9.99. The van der Waals surface area contributed by atoms with E-state index < -0.39 is 0 Å². The van der Waals surface area contributed by atoms with Crippen molar-refractivity contribution in [3.8, 4) is 0 Å². The second-order valence-corrected chi connectivity index (χ2v) is 4.86. The van der Waals surface area contributed by atoms with Gasteiger partial charge in [0.05, 0.1) is 12.0 Å². The molecule has 0 bridgehead atoms. The van der Waals surface area contributed by atoms with Crippen LogP contribution in [0.15, 0.2) is 12.5 Å². The van der Waals surface area contributed by atoms with E-state index in [2.05, 4.69) is 28.7 Å². The predicted octanol–water partition coefficient (Wildman–Crippen LogP) is 2.74. The van der Waals surface area contributed by atoms with Crippen molar-refractivity contribution in [1.29, 1.82) is 0 Å². The molecule has 1 saturated carbocycles. The van der Waals surface area contributed by atoms with Gasteiger partial charge in [-0.1, -0.05) is 19.8 Å². The number of rotatable bonds is 5. The summed E-state index contributed by atoms with van der Waals surface area (Å²) in [5.74, 6) is 0.856. The molecule has 2 rings (SSSR count). The van der Waals surface area contributed by atoms with E-state index in [1.165, 1.54) is 31.4 Å². The van der Waals surface area contributed by atoms with Crippen LogP contribution in [0.2, 0.25) is 0 Å². The molecule has 1 aliphatic carbocycles. The molecule has 90 valence electrons. The highest BCUT2D eigenvalue weighted by molar-refractivity contribution is 5.00. The molecule has 0 aliphatic heterocycles. The van der Waals surface area contributed by atoms with E-state index in [9.17, 15) is 0 Å². The molecule has 3 heteroatoms. The van der Waals surface area contributed by atoms with E-state index in [1.807, 2.05) is 12.5 Å². The monoisotopic (exact) mass is 221 g/mol. The fourth-order valence-corrected chi connectivity index (χ4v) is 2.76. The summed E-state index contributed by atoms with van der Waals surface area (Å²) in [6.07, 6.45) is 9.59. The zero-order chi connectivity index (χ0) is 11.4. The highest BCUT2D eigenvalue weighted by Gasteiger charge is 2.23. The Kier molecular flexibility index (Phi) is 3.99. The average molecular weight is 221 g/mol. The third kappa shape index (κ3) is 2.46. The molecular formula is C13H23N3. The Morgan fingerprint density at radius 3 is 2.94 bits per heavy atom. The van der Waals surface area contributed by atoms with Crippen LogP contribution in [0.4, 0.5) is 0 Å². The van der Waals surface area contributed by atoms with Crippen LogP contribution < -0.4 is 5.32 Å². The number of hydrogen-bond donors (Lipinski definition) is 1. The summed E-state index contributed by atoms with van der Waals surface area (Å²) >= 11 is 0. The largest absolute Gasteiger partial charge is 0.330 e. The van der Waals surface area contributed by atoms with Gasteiger partial charge in [0, 0.05) is 18.8 Å². The fraction of sp³-hybridized carbons (Fsp3) is 0.769. The Balaban J connectivity index is 2.03. The van der Waals surface area contributed by atoms with Crippen LogP contribution in [0.1, 0.15) is 51.3 Å². The molecule has 0 radical (unpaired) electrons. The van der Waals surface area contributed by atoms with Crippen LogP contribution in [0, 0.1) is 5.92 Å². The molecule has 0 amide bonds. The van der Waals surface area contributed by atoms with Gasteiger partial charge in [0.2, 0.25) is 0 Å². The number of nitrogens with zero attached hydrogens (tertiary/aromatic N) is 2. The summed E-state index contributed by atoms with van der Waals surface area (Å²) in [6.45, 7) is 6.44. The quantitative estimate of drug-likeness (QED) is 0.828.